The van der Waals surface area contributed by atoms with Gasteiger partial charge in [-0.3, -0.25) is 4.98 Å². The van der Waals surface area contributed by atoms with Crippen molar-refractivity contribution in [3.05, 3.63) is 29.6 Å². The van der Waals surface area contributed by atoms with E-state index in [0.717, 1.165) is 24.5 Å². The van der Waals surface area contributed by atoms with Gasteiger partial charge in [0, 0.05) is 6.54 Å². The van der Waals surface area contributed by atoms with E-state index in [1.54, 1.807) is 0 Å². The molecule has 0 bridgehead atoms. The Hall–Kier alpha value is -0.930. The lowest BCUT2D eigenvalue weighted by Gasteiger charge is -2.11. The number of hydrogen-bond donors (Lipinski definition) is 1. The van der Waals surface area contributed by atoms with Crippen molar-refractivity contribution in [2.75, 3.05) is 6.54 Å². The molecule has 3 nitrogen and oxygen atoms in total. The molecule has 1 aromatic rings. The lowest BCUT2D eigenvalue weighted by Crippen LogP contribution is -2.20. The summed E-state index contributed by atoms with van der Waals surface area (Å²) in [6.45, 7) is 6.96. The molecule has 1 saturated carbocycles. The van der Waals surface area contributed by atoms with Gasteiger partial charge in [0.2, 0.25) is 0 Å². The van der Waals surface area contributed by atoms with E-state index in [4.69, 9.17) is 4.74 Å². The fourth-order valence-corrected chi connectivity index (χ4v) is 2.46. The Kier molecular flexibility index (Phi) is 5.80. The zero-order valence-corrected chi connectivity index (χ0v) is 12.2. The summed E-state index contributed by atoms with van der Waals surface area (Å²) in [6.07, 6.45) is 5.53. The van der Waals surface area contributed by atoms with Crippen molar-refractivity contribution in [3.8, 4) is 0 Å². The quantitative estimate of drug-likeness (QED) is 0.819. The molecule has 1 aliphatic rings. The van der Waals surface area contributed by atoms with E-state index in [-0.39, 0.29) is 0 Å². The van der Waals surface area contributed by atoms with E-state index in [1.165, 1.54) is 25.7 Å². The van der Waals surface area contributed by atoms with Crippen molar-refractivity contribution in [2.45, 2.75) is 58.8 Å². The second-order valence-corrected chi connectivity index (χ2v) is 5.86. The average molecular weight is 262 g/mol. The van der Waals surface area contributed by atoms with E-state index in [9.17, 15) is 0 Å². The van der Waals surface area contributed by atoms with Crippen molar-refractivity contribution in [2.24, 2.45) is 5.92 Å². The van der Waals surface area contributed by atoms with Crippen molar-refractivity contribution < 1.29 is 4.74 Å². The molecule has 19 heavy (non-hydrogen) atoms. The molecule has 1 heterocycles. The van der Waals surface area contributed by atoms with Crippen LogP contribution in [0.2, 0.25) is 0 Å². The van der Waals surface area contributed by atoms with Crippen LogP contribution in [0.25, 0.3) is 0 Å². The number of nitrogens with one attached hydrogen (secondary N) is 1. The molecule has 1 aromatic heterocycles. The highest BCUT2D eigenvalue weighted by Crippen LogP contribution is 2.21. The first-order valence-corrected chi connectivity index (χ1v) is 7.51. The first kappa shape index (κ1) is 14.5. The molecule has 0 unspecified atom stereocenters. The van der Waals surface area contributed by atoms with Crippen molar-refractivity contribution >= 4 is 0 Å². The average Bonchev–Trinajstić information content (AvgIpc) is 2.89. The summed E-state index contributed by atoms with van der Waals surface area (Å²) in [5, 5.41) is 3.42. The largest absolute Gasteiger partial charge is 0.372 e. The SMILES string of the molecule is CC(C)CNCc1cccc(COC2CCCC2)n1. The summed E-state index contributed by atoms with van der Waals surface area (Å²) in [4.78, 5) is 4.64. The van der Waals surface area contributed by atoms with E-state index in [1.807, 2.05) is 0 Å². The Balaban J connectivity index is 1.77. The van der Waals surface area contributed by atoms with Crippen molar-refractivity contribution in [1.29, 1.82) is 0 Å². The first-order valence-electron chi connectivity index (χ1n) is 7.51. The number of pyridine rings is 1. The number of nitrogens with zero attached hydrogens (tertiary/aromatic N) is 1. The second-order valence-electron chi connectivity index (χ2n) is 5.86. The fourth-order valence-electron chi connectivity index (χ4n) is 2.46. The molecule has 2 rings (SSSR count). The van der Waals surface area contributed by atoms with E-state index in [2.05, 4.69) is 42.3 Å². The van der Waals surface area contributed by atoms with Crippen LogP contribution >= 0.6 is 0 Å². The minimum absolute atomic E-state index is 0.463. The van der Waals surface area contributed by atoms with Crippen LogP contribution in [0, 0.1) is 5.92 Å². The third kappa shape index (κ3) is 5.29. The molecule has 0 spiro atoms. The molecule has 0 radical (unpaired) electrons. The number of ether oxygens (including phenoxy) is 1. The zero-order valence-electron chi connectivity index (χ0n) is 12.2. The van der Waals surface area contributed by atoms with Gasteiger partial charge >= 0.3 is 0 Å². The predicted molar refractivity (Wildman–Crippen MR) is 77.8 cm³/mol. The molecule has 0 saturated heterocycles. The van der Waals surface area contributed by atoms with Crippen LogP contribution in [-0.2, 0) is 17.9 Å². The molecule has 106 valence electrons. The Bertz CT molecular complexity index is 373. The summed E-state index contributed by atoms with van der Waals surface area (Å²) >= 11 is 0. The Morgan fingerprint density at radius 1 is 1.26 bits per heavy atom. The lowest BCUT2D eigenvalue weighted by molar-refractivity contribution is 0.0437. The number of aromatic nitrogens is 1. The van der Waals surface area contributed by atoms with Gasteiger partial charge in [-0.15, -0.1) is 0 Å². The highest BCUT2D eigenvalue weighted by Gasteiger charge is 2.15. The minimum Gasteiger partial charge on any atom is -0.372 e. The summed E-state index contributed by atoms with van der Waals surface area (Å²) < 4.78 is 5.90. The maximum Gasteiger partial charge on any atom is 0.0891 e. The van der Waals surface area contributed by atoms with E-state index < -0.39 is 0 Å². The molecular weight excluding hydrogens is 236 g/mol. The number of rotatable bonds is 7. The molecule has 0 aromatic carbocycles. The van der Waals surface area contributed by atoms with Crippen LogP contribution in [0.5, 0.6) is 0 Å². The summed E-state index contributed by atoms with van der Waals surface area (Å²) in [6, 6.07) is 6.21. The lowest BCUT2D eigenvalue weighted by atomic mass is 10.2. The van der Waals surface area contributed by atoms with Crippen LogP contribution in [0.4, 0.5) is 0 Å². The van der Waals surface area contributed by atoms with E-state index >= 15 is 0 Å². The van der Waals surface area contributed by atoms with Gasteiger partial charge < -0.3 is 10.1 Å². The highest BCUT2D eigenvalue weighted by atomic mass is 16.5. The number of hydrogen-bond acceptors (Lipinski definition) is 3. The maximum absolute atomic E-state index is 5.90. The van der Waals surface area contributed by atoms with Crippen molar-refractivity contribution in [3.63, 3.8) is 0 Å². The summed E-state index contributed by atoms with van der Waals surface area (Å²) in [7, 11) is 0. The van der Waals surface area contributed by atoms with Gasteiger partial charge in [0.05, 0.1) is 24.1 Å². The van der Waals surface area contributed by atoms with Crippen LogP contribution in [0.1, 0.15) is 50.9 Å². The monoisotopic (exact) mass is 262 g/mol. The van der Waals surface area contributed by atoms with Gasteiger partial charge in [0.15, 0.2) is 0 Å². The van der Waals surface area contributed by atoms with Gasteiger partial charge in [0.25, 0.3) is 0 Å². The van der Waals surface area contributed by atoms with Gasteiger partial charge in [-0.25, -0.2) is 0 Å². The highest BCUT2D eigenvalue weighted by molar-refractivity contribution is 5.10. The zero-order chi connectivity index (χ0) is 13.5. The molecule has 0 atom stereocenters. The van der Waals surface area contributed by atoms with Crippen LogP contribution < -0.4 is 5.32 Å². The van der Waals surface area contributed by atoms with Gasteiger partial charge in [-0.2, -0.15) is 0 Å². The second kappa shape index (κ2) is 7.61. The summed E-state index contributed by atoms with van der Waals surface area (Å²) in [5.74, 6) is 0.675. The predicted octanol–water partition coefficient (Wildman–Crippen LogP) is 3.29. The van der Waals surface area contributed by atoms with Crippen LogP contribution in [0.15, 0.2) is 18.2 Å². The minimum atomic E-state index is 0.463. The normalized spacial score (nSPS) is 16.4. The third-order valence-corrected chi connectivity index (χ3v) is 3.49. The molecule has 0 aliphatic heterocycles. The fraction of sp³-hybridized carbons (Fsp3) is 0.688. The maximum atomic E-state index is 5.90. The Labute approximate surface area is 116 Å². The van der Waals surface area contributed by atoms with Gasteiger partial charge in [0.1, 0.15) is 0 Å². The molecule has 0 amide bonds. The third-order valence-electron chi connectivity index (χ3n) is 3.49. The molecule has 3 heteroatoms. The molecule has 1 fully saturated rings. The standard InChI is InChI=1S/C16H26N2O/c1-13(2)10-17-11-14-6-5-7-15(18-14)12-19-16-8-3-4-9-16/h5-7,13,16-17H,3-4,8-12H2,1-2H3. The first-order chi connectivity index (χ1) is 9.24. The summed E-state index contributed by atoms with van der Waals surface area (Å²) in [5.41, 5.74) is 2.16. The topological polar surface area (TPSA) is 34.1 Å². The van der Waals surface area contributed by atoms with Crippen LogP contribution in [0.3, 0.4) is 0 Å². The van der Waals surface area contributed by atoms with E-state index in [0.29, 0.717) is 18.6 Å². The Morgan fingerprint density at radius 3 is 2.74 bits per heavy atom. The molecule has 1 N–H and O–H groups in total. The smallest absolute Gasteiger partial charge is 0.0891 e. The van der Waals surface area contributed by atoms with Crippen molar-refractivity contribution in [1.82, 2.24) is 10.3 Å². The van der Waals surface area contributed by atoms with Gasteiger partial charge in [-0.05, 0) is 37.4 Å². The van der Waals surface area contributed by atoms with Gasteiger partial charge in [-0.1, -0.05) is 32.8 Å². The molecule has 1 aliphatic carbocycles. The molecular formula is C16H26N2O. The Morgan fingerprint density at radius 2 is 2.00 bits per heavy atom. The van der Waals surface area contributed by atoms with Crippen LogP contribution in [-0.4, -0.2) is 17.6 Å².